The van der Waals surface area contributed by atoms with Crippen LogP contribution in [-0.2, 0) is 4.74 Å². The summed E-state index contributed by atoms with van der Waals surface area (Å²) in [5.74, 6) is 0.795. The van der Waals surface area contributed by atoms with Crippen LogP contribution in [0.4, 0.5) is 0 Å². The van der Waals surface area contributed by atoms with Crippen molar-refractivity contribution >= 4 is 5.90 Å². The molecule has 0 amide bonds. The average Bonchev–Trinajstić information content (AvgIpc) is 2.68. The molecule has 0 fully saturated rings. The first-order chi connectivity index (χ1) is 7.29. The topological polar surface area (TPSA) is 47.6 Å². The van der Waals surface area contributed by atoms with Gasteiger partial charge in [-0.05, 0) is 12.5 Å². The first-order valence-corrected chi connectivity index (χ1v) is 5.25. The number of ether oxygens (including phenoxy) is 1. The molecule has 0 saturated carbocycles. The van der Waals surface area contributed by atoms with E-state index in [0.717, 1.165) is 12.3 Å². The third-order valence-corrected chi connectivity index (χ3v) is 2.53. The predicted octanol–water partition coefficient (Wildman–Crippen LogP) is 1.81. The zero-order chi connectivity index (χ0) is 10.7. The molecule has 0 radical (unpaired) electrons. The lowest BCUT2D eigenvalue weighted by molar-refractivity contribution is 0.312. The van der Waals surface area contributed by atoms with Gasteiger partial charge in [0, 0.05) is 13.0 Å². The average molecular weight is 204 g/mol. The number of aliphatic imine (C=N–C) groups is 1. The lowest BCUT2D eigenvalue weighted by Gasteiger charge is -2.04. The molecule has 0 bridgehead atoms. The fourth-order valence-corrected chi connectivity index (χ4v) is 1.64. The lowest BCUT2D eigenvalue weighted by Crippen LogP contribution is -2.07. The smallest absolute Gasteiger partial charge is 0.185 e. The quantitative estimate of drug-likeness (QED) is 0.816. The van der Waals surface area contributed by atoms with Gasteiger partial charge in [-0.2, -0.15) is 0 Å². The van der Waals surface area contributed by atoms with Gasteiger partial charge >= 0.3 is 0 Å². The Kier molecular flexibility index (Phi) is 3.02. The second-order valence-electron chi connectivity index (χ2n) is 3.80. The molecule has 15 heavy (non-hydrogen) atoms. The molecule has 1 heterocycles. The zero-order valence-corrected chi connectivity index (χ0v) is 8.94. The lowest BCUT2D eigenvalue weighted by atomic mass is 10.1. The van der Waals surface area contributed by atoms with Gasteiger partial charge in [0.15, 0.2) is 5.90 Å². The van der Waals surface area contributed by atoms with Crippen molar-refractivity contribution in [1.29, 1.82) is 0 Å². The van der Waals surface area contributed by atoms with Crippen LogP contribution < -0.4 is 5.73 Å². The molecule has 0 aliphatic carbocycles. The fraction of sp³-hybridized carbons (Fsp3) is 0.417. The summed E-state index contributed by atoms with van der Waals surface area (Å²) in [6.45, 7) is 3.33. The van der Waals surface area contributed by atoms with Gasteiger partial charge < -0.3 is 10.5 Å². The molecule has 0 saturated heterocycles. The maximum absolute atomic E-state index is 5.46. The molecule has 1 aromatic rings. The molecule has 0 spiro atoms. The number of hydrogen-bond donors (Lipinski definition) is 1. The normalized spacial score (nSPS) is 19.9. The summed E-state index contributed by atoms with van der Waals surface area (Å²) in [6.07, 6.45) is 0.738. The molecular formula is C12H16N2O. The van der Waals surface area contributed by atoms with Gasteiger partial charge in [-0.15, -0.1) is 0 Å². The van der Waals surface area contributed by atoms with Crippen LogP contribution in [0.3, 0.4) is 0 Å². The molecule has 1 aliphatic heterocycles. The van der Waals surface area contributed by atoms with E-state index in [0.29, 0.717) is 13.2 Å². The van der Waals surface area contributed by atoms with Crippen molar-refractivity contribution in [2.45, 2.75) is 19.4 Å². The highest BCUT2D eigenvalue weighted by molar-refractivity contribution is 5.78. The Balaban J connectivity index is 2.10. The van der Waals surface area contributed by atoms with Crippen LogP contribution in [-0.4, -0.2) is 19.0 Å². The Bertz CT molecular complexity index is 356. The van der Waals surface area contributed by atoms with Crippen LogP contribution in [0.2, 0.25) is 0 Å². The van der Waals surface area contributed by atoms with E-state index in [4.69, 9.17) is 10.5 Å². The maximum Gasteiger partial charge on any atom is 0.185 e. The number of rotatable bonds is 3. The van der Waals surface area contributed by atoms with Gasteiger partial charge in [0.1, 0.15) is 12.6 Å². The largest absolute Gasteiger partial charge is 0.478 e. The molecule has 80 valence electrons. The molecular weight excluding hydrogens is 188 g/mol. The third kappa shape index (κ3) is 2.36. The van der Waals surface area contributed by atoms with Crippen LogP contribution in [0.25, 0.3) is 0 Å². The van der Waals surface area contributed by atoms with E-state index in [2.05, 4.69) is 36.2 Å². The molecule has 0 aromatic heterocycles. The van der Waals surface area contributed by atoms with Gasteiger partial charge in [-0.3, -0.25) is 0 Å². The van der Waals surface area contributed by atoms with E-state index in [9.17, 15) is 0 Å². The van der Waals surface area contributed by atoms with Crippen LogP contribution >= 0.6 is 0 Å². The summed E-state index contributed by atoms with van der Waals surface area (Å²) in [4.78, 5) is 4.49. The second kappa shape index (κ2) is 4.45. The van der Waals surface area contributed by atoms with Crippen LogP contribution in [0.1, 0.15) is 23.6 Å². The van der Waals surface area contributed by atoms with Crippen molar-refractivity contribution in [3.05, 3.63) is 35.4 Å². The monoisotopic (exact) mass is 204 g/mol. The molecule has 1 unspecified atom stereocenters. The first kappa shape index (κ1) is 10.2. The van der Waals surface area contributed by atoms with E-state index >= 15 is 0 Å². The number of nitrogens with two attached hydrogens (primary N) is 1. The van der Waals surface area contributed by atoms with Crippen molar-refractivity contribution in [3.8, 4) is 0 Å². The SMILES string of the molecule is Cc1ccc(C2COC(CCN)=N2)cc1. The molecule has 3 nitrogen and oxygen atoms in total. The Morgan fingerprint density at radius 1 is 1.40 bits per heavy atom. The molecule has 1 aliphatic rings. The van der Waals surface area contributed by atoms with E-state index in [-0.39, 0.29) is 6.04 Å². The summed E-state index contributed by atoms with van der Waals surface area (Å²) < 4.78 is 5.46. The Morgan fingerprint density at radius 2 is 2.13 bits per heavy atom. The number of aryl methyl sites for hydroxylation is 1. The Hall–Kier alpha value is -1.35. The van der Waals surface area contributed by atoms with Gasteiger partial charge in [-0.25, -0.2) is 4.99 Å². The highest BCUT2D eigenvalue weighted by atomic mass is 16.5. The minimum Gasteiger partial charge on any atom is -0.478 e. The molecule has 2 N–H and O–H groups in total. The van der Waals surface area contributed by atoms with Crippen LogP contribution in [0.15, 0.2) is 29.3 Å². The maximum atomic E-state index is 5.46. The van der Waals surface area contributed by atoms with Crippen molar-refractivity contribution in [2.24, 2.45) is 10.7 Å². The molecule has 2 rings (SSSR count). The Labute approximate surface area is 90.0 Å². The molecule has 1 atom stereocenters. The minimum absolute atomic E-state index is 0.159. The number of benzene rings is 1. The van der Waals surface area contributed by atoms with Gasteiger partial charge in [0.2, 0.25) is 0 Å². The van der Waals surface area contributed by atoms with E-state index in [1.807, 2.05) is 0 Å². The van der Waals surface area contributed by atoms with Gasteiger partial charge in [0.25, 0.3) is 0 Å². The number of nitrogens with zero attached hydrogens (tertiary/aromatic N) is 1. The van der Waals surface area contributed by atoms with Crippen LogP contribution in [0, 0.1) is 6.92 Å². The first-order valence-electron chi connectivity index (χ1n) is 5.25. The summed E-state index contributed by atoms with van der Waals surface area (Å²) in [5.41, 5.74) is 7.93. The highest BCUT2D eigenvalue weighted by Crippen LogP contribution is 2.23. The Morgan fingerprint density at radius 3 is 2.80 bits per heavy atom. The van der Waals surface area contributed by atoms with Gasteiger partial charge in [-0.1, -0.05) is 29.8 Å². The van der Waals surface area contributed by atoms with E-state index < -0.39 is 0 Å². The minimum atomic E-state index is 0.159. The summed E-state index contributed by atoms with van der Waals surface area (Å²) in [5, 5.41) is 0. The second-order valence-corrected chi connectivity index (χ2v) is 3.80. The van der Waals surface area contributed by atoms with E-state index in [1.54, 1.807) is 0 Å². The summed E-state index contributed by atoms with van der Waals surface area (Å²) in [7, 11) is 0. The van der Waals surface area contributed by atoms with Gasteiger partial charge in [0.05, 0.1) is 0 Å². The van der Waals surface area contributed by atoms with E-state index in [1.165, 1.54) is 11.1 Å². The summed E-state index contributed by atoms with van der Waals surface area (Å²) >= 11 is 0. The predicted molar refractivity (Wildman–Crippen MR) is 61.0 cm³/mol. The fourth-order valence-electron chi connectivity index (χ4n) is 1.64. The third-order valence-electron chi connectivity index (χ3n) is 2.53. The summed E-state index contributed by atoms with van der Waals surface area (Å²) in [6, 6.07) is 8.58. The zero-order valence-electron chi connectivity index (χ0n) is 8.94. The van der Waals surface area contributed by atoms with Crippen molar-refractivity contribution < 1.29 is 4.74 Å². The van der Waals surface area contributed by atoms with Crippen molar-refractivity contribution in [2.75, 3.05) is 13.2 Å². The standard InChI is InChI=1S/C12H16N2O/c1-9-2-4-10(5-3-9)11-8-15-12(14-11)6-7-13/h2-5,11H,6-8,13H2,1H3. The van der Waals surface area contributed by atoms with Crippen LogP contribution in [0.5, 0.6) is 0 Å². The van der Waals surface area contributed by atoms with Crippen molar-refractivity contribution in [1.82, 2.24) is 0 Å². The molecule has 1 aromatic carbocycles. The van der Waals surface area contributed by atoms with Crippen molar-refractivity contribution in [3.63, 3.8) is 0 Å². The molecule has 3 heteroatoms. The highest BCUT2D eigenvalue weighted by Gasteiger charge is 2.19. The number of hydrogen-bond acceptors (Lipinski definition) is 3.